The summed E-state index contributed by atoms with van der Waals surface area (Å²) in [5.74, 6) is -2.06. The van der Waals surface area contributed by atoms with Crippen molar-refractivity contribution in [2.45, 2.75) is 46.1 Å². The van der Waals surface area contributed by atoms with E-state index in [4.69, 9.17) is 0 Å². The quantitative estimate of drug-likeness (QED) is 0.657. The average Bonchev–Trinajstić information content (AvgIpc) is 2.68. The molecule has 1 fully saturated rings. The normalized spacial score (nSPS) is 20.6. The monoisotopic (exact) mass is 368 g/mol. The highest BCUT2D eigenvalue weighted by Gasteiger charge is 2.43. The molecule has 3 rings (SSSR count). The lowest BCUT2D eigenvalue weighted by Crippen LogP contribution is -2.57. The molecule has 2 aliphatic rings. The van der Waals surface area contributed by atoms with Crippen LogP contribution in [-0.4, -0.2) is 34.6 Å². The molecule has 1 unspecified atom stereocenters. The van der Waals surface area contributed by atoms with Gasteiger partial charge in [-0.05, 0) is 30.5 Å². The van der Waals surface area contributed by atoms with E-state index in [2.05, 4.69) is 11.9 Å². The van der Waals surface area contributed by atoms with E-state index in [0.717, 1.165) is 10.5 Å². The third-order valence-electron chi connectivity index (χ3n) is 4.51. The summed E-state index contributed by atoms with van der Waals surface area (Å²) in [6.45, 7) is 9.59. The first kappa shape index (κ1) is 20.3. The third-order valence-corrected chi connectivity index (χ3v) is 4.51. The second kappa shape index (κ2) is 8.58. The van der Waals surface area contributed by atoms with Gasteiger partial charge in [0.25, 0.3) is 11.8 Å². The molecule has 0 radical (unpaired) electrons. The molecule has 0 aromatic heterocycles. The number of hydrogen-bond donors (Lipinski definition) is 1. The number of imide groups is 2. The number of amides is 4. The lowest BCUT2D eigenvalue weighted by atomic mass is 9.86. The van der Waals surface area contributed by atoms with E-state index < -0.39 is 29.7 Å². The summed E-state index contributed by atoms with van der Waals surface area (Å²) in [4.78, 5) is 50.5. The number of carbonyl (C=O) groups excluding carboxylic acids is 4. The fourth-order valence-electron chi connectivity index (χ4n) is 3.33. The van der Waals surface area contributed by atoms with Gasteiger partial charge in [0, 0.05) is 23.1 Å². The van der Waals surface area contributed by atoms with Crippen LogP contribution in [0.4, 0.5) is 0 Å². The summed E-state index contributed by atoms with van der Waals surface area (Å²) >= 11 is 0. The van der Waals surface area contributed by atoms with Crippen LogP contribution in [0.2, 0.25) is 0 Å². The Morgan fingerprint density at radius 3 is 2.48 bits per heavy atom. The number of piperidine rings is 1. The number of nitrogens with one attached hydrogen (secondary N) is 1. The van der Waals surface area contributed by atoms with Crippen LogP contribution in [0.15, 0.2) is 36.9 Å². The topological polar surface area (TPSA) is 83.6 Å². The molecule has 1 saturated heterocycles. The molecule has 1 aromatic rings. The highest BCUT2D eigenvalue weighted by Crippen LogP contribution is 2.34. The van der Waals surface area contributed by atoms with Crippen LogP contribution in [0.3, 0.4) is 0 Å². The van der Waals surface area contributed by atoms with E-state index in [1.807, 2.05) is 26.8 Å². The van der Waals surface area contributed by atoms with Gasteiger partial charge in [-0.15, -0.1) is 0 Å². The maximum Gasteiger partial charge on any atom is 0.262 e. The molecular weight excluding hydrogens is 344 g/mol. The molecule has 0 aliphatic carbocycles. The Hall–Kier alpha value is -3.02. The fourth-order valence-corrected chi connectivity index (χ4v) is 3.33. The number of nitrogens with zero attached hydrogens (tertiary/aromatic N) is 1. The first-order chi connectivity index (χ1) is 13.0. The summed E-state index contributed by atoms with van der Waals surface area (Å²) < 4.78 is 0. The van der Waals surface area contributed by atoms with E-state index in [1.165, 1.54) is 6.08 Å². The summed E-state index contributed by atoms with van der Waals surface area (Å²) in [7, 11) is 0. The van der Waals surface area contributed by atoms with E-state index in [9.17, 15) is 19.2 Å². The second-order valence-electron chi connectivity index (χ2n) is 5.96. The molecule has 6 heteroatoms. The van der Waals surface area contributed by atoms with Crippen molar-refractivity contribution in [3.05, 3.63) is 53.6 Å². The molecule has 6 nitrogen and oxygen atoms in total. The van der Waals surface area contributed by atoms with Crippen LogP contribution in [0.1, 0.15) is 55.1 Å². The summed E-state index contributed by atoms with van der Waals surface area (Å²) in [5.41, 5.74) is 2.21. The minimum absolute atomic E-state index is 0.0931. The number of rotatable bonds is 3. The number of aryl methyl sites for hydroxylation is 1. The molecule has 2 heterocycles. The molecule has 1 N–H and O–H groups in total. The Morgan fingerprint density at radius 1 is 1.19 bits per heavy atom. The highest BCUT2D eigenvalue weighted by atomic mass is 16.2. The Kier molecular flexibility index (Phi) is 6.45. The predicted molar refractivity (Wildman–Crippen MR) is 103 cm³/mol. The minimum atomic E-state index is -0.982. The van der Waals surface area contributed by atoms with Gasteiger partial charge in [-0.25, -0.2) is 0 Å². The number of allylic oxidation sites excluding steroid dienone is 2. The Labute approximate surface area is 158 Å². The molecule has 1 aromatic carbocycles. The van der Waals surface area contributed by atoms with Crippen LogP contribution in [0, 0.1) is 0 Å². The second-order valence-corrected chi connectivity index (χ2v) is 5.96. The Bertz CT molecular complexity index is 839. The average molecular weight is 368 g/mol. The van der Waals surface area contributed by atoms with Gasteiger partial charge in [-0.1, -0.05) is 45.6 Å². The van der Waals surface area contributed by atoms with Gasteiger partial charge in [-0.3, -0.25) is 29.4 Å². The van der Waals surface area contributed by atoms with Crippen LogP contribution in [0.5, 0.6) is 0 Å². The lowest BCUT2D eigenvalue weighted by Gasteiger charge is -2.36. The molecule has 1 atom stereocenters. The smallest absolute Gasteiger partial charge is 0.262 e. The van der Waals surface area contributed by atoms with Crippen molar-refractivity contribution < 1.29 is 19.2 Å². The van der Waals surface area contributed by atoms with Gasteiger partial charge < -0.3 is 0 Å². The van der Waals surface area contributed by atoms with E-state index in [-0.39, 0.29) is 12.8 Å². The first-order valence-corrected chi connectivity index (χ1v) is 9.16. The molecule has 0 bridgehead atoms. The molecule has 4 amide bonds. The maximum absolute atomic E-state index is 13.0. The molecule has 2 aliphatic heterocycles. The molecule has 142 valence electrons. The summed E-state index contributed by atoms with van der Waals surface area (Å²) in [6, 6.07) is 4.31. The predicted octanol–water partition coefficient (Wildman–Crippen LogP) is 2.63. The van der Waals surface area contributed by atoms with Crippen molar-refractivity contribution in [1.29, 1.82) is 0 Å². The number of carbonyl (C=O) groups is 4. The molecule has 0 spiro atoms. The number of fused-ring (bicyclic) bond motifs is 1. The number of benzene rings is 1. The van der Waals surface area contributed by atoms with Crippen LogP contribution in [0.25, 0.3) is 5.57 Å². The van der Waals surface area contributed by atoms with Gasteiger partial charge in [0.1, 0.15) is 6.04 Å². The van der Waals surface area contributed by atoms with Crippen LogP contribution < -0.4 is 5.32 Å². The first-order valence-electron chi connectivity index (χ1n) is 9.16. The van der Waals surface area contributed by atoms with Crippen molar-refractivity contribution in [3.63, 3.8) is 0 Å². The number of hydrogen-bond acceptors (Lipinski definition) is 4. The largest absolute Gasteiger partial charge is 0.295 e. The highest BCUT2D eigenvalue weighted by molar-refractivity contribution is 6.32. The van der Waals surface area contributed by atoms with Gasteiger partial charge in [0.15, 0.2) is 0 Å². The van der Waals surface area contributed by atoms with Gasteiger partial charge in [-0.2, -0.15) is 0 Å². The Balaban J connectivity index is 0.00000126. The zero-order valence-corrected chi connectivity index (χ0v) is 15.9. The summed E-state index contributed by atoms with van der Waals surface area (Å²) in [6.07, 6.45) is 3.94. The minimum Gasteiger partial charge on any atom is -0.295 e. The molecule has 0 saturated carbocycles. The van der Waals surface area contributed by atoms with Crippen LogP contribution in [-0.2, 0) is 20.8 Å². The maximum atomic E-state index is 13.0. The zero-order chi connectivity index (χ0) is 20.1. The SMILES string of the molecule is C=C/C=C1/C(=O)N(C2CCC(=O)NC2=O)C(=O)c2cccc(CC)c21.CC. The van der Waals surface area contributed by atoms with Crippen molar-refractivity contribution in [3.8, 4) is 0 Å². The van der Waals surface area contributed by atoms with E-state index in [1.54, 1.807) is 18.2 Å². The van der Waals surface area contributed by atoms with E-state index >= 15 is 0 Å². The standard InChI is InChI=1S/C19H18N2O4.C2H6/c1-3-6-12-16-11(4-2)7-5-8-13(16)19(25)21(18(12)24)14-9-10-15(22)20-17(14)23;1-2/h3,5-8,14H,1,4,9-10H2,2H3,(H,20,22,23);1-2H3/b12-6+;. The zero-order valence-electron chi connectivity index (χ0n) is 15.9. The van der Waals surface area contributed by atoms with Crippen molar-refractivity contribution >= 4 is 29.2 Å². The van der Waals surface area contributed by atoms with Gasteiger partial charge in [0.2, 0.25) is 11.8 Å². The molecule has 27 heavy (non-hydrogen) atoms. The fraction of sp³-hybridized carbons (Fsp3) is 0.333. The summed E-state index contributed by atoms with van der Waals surface area (Å²) in [5, 5.41) is 2.20. The van der Waals surface area contributed by atoms with Gasteiger partial charge in [0.05, 0.1) is 0 Å². The van der Waals surface area contributed by atoms with E-state index in [0.29, 0.717) is 23.1 Å². The van der Waals surface area contributed by atoms with Crippen molar-refractivity contribution in [1.82, 2.24) is 10.2 Å². The van der Waals surface area contributed by atoms with Gasteiger partial charge >= 0.3 is 0 Å². The van der Waals surface area contributed by atoms with Crippen molar-refractivity contribution in [2.24, 2.45) is 0 Å². The Morgan fingerprint density at radius 2 is 1.89 bits per heavy atom. The lowest BCUT2D eigenvalue weighted by molar-refractivity contribution is -0.141. The van der Waals surface area contributed by atoms with Crippen molar-refractivity contribution in [2.75, 3.05) is 0 Å². The molecular formula is C21H24N2O4. The van der Waals surface area contributed by atoms with Crippen LogP contribution >= 0.6 is 0 Å². The third kappa shape index (κ3) is 3.60.